The van der Waals surface area contributed by atoms with Crippen molar-refractivity contribution in [2.75, 3.05) is 13.2 Å². The number of hydrogen-bond acceptors (Lipinski definition) is 5. The zero-order valence-corrected chi connectivity index (χ0v) is 14.6. The van der Waals surface area contributed by atoms with Crippen molar-refractivity contribution in [2.45, 2.75) is 19.4 Å². The van der Waals surface area contributed by atoms with Gasteiger partial charge in [-0.2, -0.15) is 5.10 Å². The number of rotatable bonds is 3. The minimum absolute atomic E-state index is 0.0354. The number of carbonyl (C=O) groups excluding carboxylic acids is 1. The van der Waals surface area contributed by atoms with E-state index in [0.717, 1.165) is 33.8 Å². The second-order valence-electron chi connectivity index (χ2n) is 5.66. The number of carbonyl (C=O) groups is 1. The standard InChI is InChI=1S/C16H17N3O2S2/c1-9-11-7-14(23-16(11)19(2)18-9)15(20)17-8-12-10-4-6-22-13(10)3-5-21-12/h4,6-7,12H,3,5,8H2,1-2H3,(H,17,20)/t12-/m1/s1. The molecule has 0 saturated carbocycles. The quantitative estimate of drug-likeness (QED) is 0.792. The van der Waals surface area contributed by atoms with Gasteiger partial charge in [0.25, 0.3) is 5.91 Å². The normalized spacial score (nSPS) is 17.4. The van der Waals surface area contributed by atoms with Crippen molar-refractivity contribution in [3.63, 3.8) is 0 Å². The van der Waals surface area contributed by atoms with Crippen LogP contribution in [0.5, 0.6) is 0 Å². The maximum absolute atomic E-state index is 12.4. The highest BCUT2D eigenvalue weighted by atomic mass is 32.1. The van der Waals surface area contributed by atoms with Crippen LogP contribution in [-0.4, -0.2) is 28.8 Å². The van der Waals surface area contributed by atoms with Crippen molar-refractivity contribution in [1.29, 1.82) is 0 Å². The third-order valence-corrected chi connectivity index (χ3v) is 6.34. The first kappa shape index (κ1) is 14.9. The molecule has 0 saturated heterocycles. The van der Waals surface area contributed by atoms with E-state index in [-0.39, 0.29) is 12.0 Å². The number of hydrogen-bond donors (Lipinski definition) is 1. The van der Waals surface area contributed by atoms with E-state index >= 15 is 0 Å². The number of nitrogens with one attached hydrogen (secondary N) is 1. The molecule has 1 aliphatic rings. The number of amides is 1. The summed E-state index contributed by atoms with van der Waals surface area (Å²) in [7, 11) is 1.90. The lowest BCUT2D eigenvalue weighted by molar-refractivity contribution is 0.0424. The molecule has 3 aromatic heterocycles. The molecular formula is C16H17N3O2S2. The van der Waals surface area contributed by atoms with Crippen LogP contribution in [0.4, 0.5) is 0 Å². The molecule has 0 fully saturated rings. The Morgan fingerprint density at radius 3 is 3.26 bits per heavy atom. The highest BCUT2D eigenvalue weighted by Gasteiger charge is 2.23. The molecular weight excluding hydrogens is 330 g/mol. The second-order valence-corrected chi connectivity index (χ2v) is 7.69. The molecule has 0 radical (unpaired) electrons. The summed E-state index contributed by atoms with van der Waals surface area (Å²) >= 11 is 3.24. The molecule has 0 unspecified atom stereocenters. The molecule has 120 valence electrons. The van der Waals surface area contributed by atoms with E-state index in [1.165, 1.54) is 21.8 Å². The first-order chi connectivity index (χ1) is 11.1. The van der Waals surface area contributed by atoms with E-state index in [1.54, 1.807) is 11.3 Å². The number of aryl methyl sites for hydroxylation is 2. The van der Waals surface area contributed by atoms with E-state index < -0.39 is 0 Å². The first-order valence-electron chi connectivity index (χ1n) is 7.52. The molecule has 1 aliphatic heterocycles. The molecule has 7 heteroatoms. The predicted molar refractivity (Wildman–Crippen MR) is 92.4 cm³/mol. The van der Waals surface area contributed by atoms with Crippen molar-refractivity contribution < 1.29 is 9.53 Å². The Morgan fingerprint density at radius 1 is 1.57 bits per heavy atom. The van der Waals surface area contributed by atoms with E-state index in [0.29, 0.717) is 6.54 Å². The van der Waals surface area contributed by atoms with Crippen LogP contribution >= 0.6 is 22.7 Å². The molecule has 0 bridgehead atoms. The molecule has 3 aromatic rings. The molecule has 0 spiro atoms. The molecule has 1 atom stereocenters. The Hall–Kier alpha value is -1.70. The zero-order valence-electron chi connectivity index (χ0n) is 13.0. The highest BCUT2D eigenvalue weighted by molar-refractivity contribution is 7.20. The molecule has 1 amide bonds. The molecule has 1 N–H and O–H groups in total. The molecule has 23 heavy (non-hydrogen) atoms. The van der Waals surface area contributed by atoms with Gasteiger partial charge in [0, 0.05) is 30.3 Å². The van der Waals surface area contributed by atoms with Gasteiger partial charge >= 0.3 is 0 Å². The maximum atomic E-state index is 12.4. The van der Waals surface area contributed by atoms with E-state index in [4.69, 9.17) is 4.74 Å². The number of fused-ring (bicyclic) bond motifs is 2. The molecule has 4 heterocycles. The summed E-state index contributed by atoms with van der Waals surface area (Å²) in [6, 6.07) is 4.03. The van der Waals surface area contributed by atoms with Crippen molar-refractivity contribution in [3.8, 4) is 0 Å². The van der Waals surface area contributed by atoms with E-state index in [1.807, 2.05) is 24.7 Å². The lowest BCUT2D eigenvalue weighted by atomic mass is 10.1. The van der Waals surface area contributed by atoms with Gasteiger partial charge in [-0.1, -0.05) is 0 Å². The van der Waals surface area contributed by atoms with Crippen molar-refractivity contribution in [3.05, 3.63) is 38.5 Å². The van der Waals surface area contributed by atoms with Gasteiger partial charge in [-0.25, -0.2) is 0 Å². The summed E-state index contributed by atoms with van der Waals surface area (Å²) in [5.41, 5.74) is 2.18. The fraction of sp³-hybridized carbons (Fsp3) is 0.375. The minimum atomic E-state index is -0.0449. The Kier molecular flexibility index (Phi) is 3.71. The Bertz CT molecular complexity index is 843. The van der Waals surface area contributed by atoms with Gasteiger partial charge in [0.05, 0.1) is 17.2 Å². The van der Waals surface area contributed by atoms with Crippen LogP contribution < -0.4 is 5.32 Å². The van der Waals surface area contributed by atoms with Gasteiger partial charge in [-0.15, -0.1) is 22.7 Å². The second kappa shape index (κ2) is 5.74. The molecule has 0 aliphatic carbocycles. The summed E-state index contributed by atoms with van der Waals surface area (Å²) < 4.78 is 7.64. The van der Waals surface area contributed by atoms with Gasteiger partial charge in [0.1, 0.15) is 10.9 Å². The van der Waals surface area contributed by atoms with Gasteiger partial charge < -0.3 is 10.1 Å². The summed E-state index contributed by atoms with van der Waals surface area (Å²) in [5.74, 6) is -0.0449. The van der Waals surface area contributed by atoms with E-state index in [2.05, 4.69) is 21.9 Å². The molecule has 0 aromatic carbocycles. The Labute approximate surface area is 141 Å². The Balaban J connectivity index is 1.49. The monoisotopic (exact) mass is 347 g/mol. The predicted octanol–water partition coefficient (Wildman–Crippen LogP) is 3.05. The summed E-state index contributed by atoms with van der Waals surface area (Å²) in [5, 5.41) is 10.5. The van der Waals surface area contributed by atoms with Crippen LogP contribution in [0.1, 0.15) is 31.9 Å². The SMILES string of the molecule is Cc1nn(C)c2sc(C(=O)NC[C@H]3OCCc4sccc43)cc12. The molecule has 4 rings (SSSR count). The third-order valence-electron chi connectivity index (χ3n) is 4.14. The lowest BCUT2D eigenvalue weighted by Gasteiger charge is -2.23. The van der Waals surface area contributed by atoms with Crippen LogP contribution in [0.2, 0.25) is 0 Å². The number of nitrogens with zero attached hydrogens (tertiary/aromatic N) is 2. The smallest absolute Gasteiger partial charge is 0.261 e. The fourth-order valence-corrected chi connectivity index (χ4v) is 4.94. The largest absolute Gasteiger partial charge is 0.371 e. The topological polar surface area (TPSA) is 56.2 Å². The molecule has 5 nitrogen and oxygen atoms in total. The van der Waals surface area contributed by atoms with Crippen LogP contribution in [-0.2, 0) is 18.2 Å². The first-order valence-corrected chi connectivity index (χ1v) is 9.22. The van der Waals surface area contributed by atoms with Gasteiger partial charge in [-0.3, -0.25) is 9.48 Å². The summed E-state index contributed by atoms with van der Waals surface area (Å²) in [6.45, 7) is 3.19. The summed E-state index contributed by atoms with van der Waals surface area (Å²) in [6.07, 6.45) is 0.937. The Morgan fingerprint density at radius 2 is 2.43 bits per heavy atom. The number of ether oxygens (including phenoxy) is 1. The lowest BCUT2D eigenvalue weighted by Crippen LogP contribution is -2.30. The van der Waals surface area contributed by atoms with Crippen LogP contribution in [0.3, 0.4) is 0 Å². The van der Waals surface area contributed by atoms with Gasteiger partial charge in [-0.05, 0) is 30.0 Å². The minimum Gasteiger partial charge on any atom is -0.371 e. The zero-order chi connectivity index (χ0) is 16.0. The van der Waals surface area contributed by atoms with Gasteiger partial charge in [0.2, 0.25) is 0 Å². The van der Waals surface area contributed by atoms with Crippen molar-refractivity contribution in [1.82, 2.24) is 15.1 Å². The average molecular weight is 347 g/mol. The van der Waals surface area contributed by atoms with Crippen LogP contribution in [0.25, 0.3) is 10.2 Å². The van der Waals surface area contributed by atoms with Crippen LogP contribution in [0.15, 0.2) is 17.5 Å². The third kappa shape index (κ3) is 2.58. The number of aromatic nitrogens is 2. The maximum Gasteiger partial charge on any atom is 0.261 e. The number of thiophene rings is 2. The van der Waals surface area contributed by atoms with Gasteiger partial charge in [0.15, 0.2) is 0 Å². The average Bonchev–Trinajstić information content (AvgIpc) is 3.23. The van der Waals surface area contributed by atoms with Crippen LogP contribution in [0, 0.1) is 6.92 Å². The fourth-order valence-electron chi connectivity index (χ4n) is 2.98. The van der Waals surface area contributed by atoms with Crippen molar-refractivity contribution >= 4 is 38.8 Å². The van der Waals surface area contributed by atoms with E-state index in [9.17, 15) is 4.79 Å². The van der Waals surface area contributed by atoms with Crippen molar-refractivity contribution in [2.24, 2.45) is 7.05 Å². The highest BCUT2D eigenvalue weighted by Crippen LogP contribution is 2.31. The summed E-state index contributed by atoms with van der Waals surface area (Å²) in [4.78, 5) is 15.6.